The molecule has 0 aliphatic carbocycles. The first-order chi connectivity index (χ1) is 7.41. The minimum Gasteiger partial charge on any atom is -0.399 e. The minimum atomic E-state index is -0.672. The molecule has 0 heterocycles. The van der Waals surface area contributed by atoms with Crippen molar-refractivity contribution in [2.75, 3.05) is 12.3 Å². The monoisotopic (exact) mass is 226 g/mol. The molecule has 0 saturated carbocycles. The number of carbonyl (C=O) groups excluding carboxylic acids is 1. The van der Waals surface area contributed by atoms with Crippen molar-refractivity contribution in [3.05, 3.63) is 29.1 Å². The van der Waals surface area contributed by atoms with Crippen LogP contribution in [0.5, 0.6) is 0 Å². The van der Waals surface area contributed by atoms with Gasteiger partial charge in [-0.3, -0.25) is 4.79 Å². The van der Waals surface area contributed by atoms with Crippen molar-refractivity contribution in [2.45, 2.75) is 20.0 Å². The van der Waals surface area contributed by atoms with Crippen LogP contribution in [0.15, 0.2) is 12.1 Å². The summed E-state index contributed by atoms with van der Waals surface area (Å²) >= 11 is 0. The molecule has 16 heavy (non-hydrogen) atoms. The van der Waals surface area contributed by atoms with E-state index in [-0.39, 0.29) is 12.1 Å². The fraction of sp³-hybridized carbons (Fsp3) is 0.364. The van der Waals surface area contributed by atoms with E-state index in [2.05, 4.69) is 5.32 Å². The van der Waals surface area contributed by atoms with Gasteiger partial charge in [0.15, 0.2) is 0 Å². The Morgan fingerprint density at radius 1 is 1.62 bits per heavy atom. The van der Waals surface area contributed by atoms with E-state index in [1.165, 1.54) is 26.0 Å². The van der Waals surface area contributed by atoms with Gasteiger partial charge in [0, 0.05) is 12.2 Å². The Morgan fingerprint density at radius 2 is 2.25 bits per heavy atom. The molecule has 0 fully saturated rings. The third kappa shape index (κ3) is 2.93. The number of anilines is 1. The minimum absolute atomic E-state index is 0.0755. The van der Waals surface area contributed by atoms with Crippen molar-refractivity contribution in [1.82, 2.24) is 5.32 Å². The molecule has 4 N–H and O–H groups in total. The number of benzene rings is 1. The molecule has 1 aromatic rings. The maximum Gasteiger partial charge on any atom is 0.254 e. The molecule has 1 rings (SSSR count). The van der Waals surface area contributed by atoms with Crippen molar-refractivity contribution in [3.8, 4) is 0 Å². The van der Waals surface area contributed by atoms with Crippen LogP contribution in [0.25, 0.3) is 0 Å². The average molecular weight is 226 g/mol. The Bertz CT molecular complexity index is 405. The van der Waals surface area contributed by atoms with Gasteiger partial charge in [0.25, 0.3) is 5.91 Å². The number of aryl methyl sites for hydroxylation is 1. The van der Waals surface area contributed by atoms with Crippen LogP contribution in [0, 0.1) is 12.7 Å². The first-order valence-corrected chi connectivity index (χ1v) is 4.93. The summed E-state index contributed by atoms with van der Waals surface area (Å²) in [7, 11) is 0. The van der Waals surface area contributed by atoms with Gasteiger partial charge in [-0.1, -0.05) is 0 Å². The summed E-state index contributed by atoms with van der Waals surface area (Å²) in [5, 5.41) is 11.4. The number of nitrogens with one attached hydrogen (secondary N) is 1. The highest BCUT2D eigenvalue weighted by Gasteiger charge is 2.14. The van der Waals surface area contributed by atoms with E-state index in [1.807, 2.05) is 0 Å². The lowest BCUT2D eigenvalue weighted by molar-refractivity contribution is 0.0920. The van der Waals surface area contributed by atoms with Crippen molar-refractivity contribution < 1.29 is 14.3 Å². The molecular weight excluding hydrogens is 211 g/mol. The molecule has 1 atom stereocenters. The molecule has 0 aliphatic rings. The van der Waals surface area contributed by atoms with E-state index in [1.54, 1.807) is 0 Å². The number of hydrogen-bond donors (Lipinski definition) is 3. The Kier molecular flexibility index (Phi) is 3.84. The number of amides is 1. The maximum absolute atomic E-state index is 13.6. The molecule has 0 saturated heterocycles. The van der Waals surface area contributed by atoms with Gasteiger partial charge in [0.2, 0.25) is 0 Å². The highest BCUT2D eigenvalue weighted by Crippen LogP contribution is 2.16. The number of nitrogen functional groups attached to an aromatic ring is 1. The van der Waals surface area contributed by atoms with E-state index in [0.29, 0.717) is 11.3 Å². The first kappa shape index (κ1) is 12.4. The van der Waals surface area contributed by atoms with Gasteiger partial charge in [0.05, 0.1) is 11.7 Å². The second-order valence-corrected chi connectivity index (χ2v) is 3.76. The zero-order chi connectivity index (χ0) is 12.3. The lowest BCUT2D eigenvalue weighted by atomic mass is 10.1. The van der Waals surface area contributed by atoms with E-state index in [0.717, 1.165) is 0 Å². The zero-order valence-corrected chi connectivity index (χ0v) is 9.25. The number of rotatable bonds is 3. The van der Waals surface area contributed by atoms with Crippen molar-refractivity contribution >= 4 is 11.6 Å². The largest absolute Gasteiger partial charge is 0.399 e. The summed E-state index contributed by atoms with van der Waals surface area (Å²) in [4.78, 5) is 11.6. The van der Waals surface area contributed by atoms with Gasteiger partial charge in [-0.2, -0.15) is 0 Å². The second kappa shape index (κ2) is 4.94. The van der Waals surface area contributed by atoms with Gasteiger partial charge < -0.3 is 16.2 Å². The van der Waals surface area contributed by atoms with Crippen molar-refractivity contribution in [2.24, 2.45) is 0 Å². The van der Waals surface area contributed by atoms with Crippen LogP contribution >= 0.6 is 0 Å². The lowest BCUT2D eigenvalue weighted by Crippen LogP contribution is -2.31. The standard InChI is InChI=1S/C11H15FN2O2/c1-6-3-8(13)4-9(10(6)12)11(16)14-5-7(2)15/h3-4,7,15H,5,13H2,1-2H3,(H,14,16)/t7-/m0/s1. The molecule has 0 aromatic heterocycles. The number of aliphatic hydroxyl groups is 1. The van der Waals surface area contributed by atoms with Crippen LogP contribution in [0.4, 0.5) is 10.1 Å². The fourth-order valence-electron chi connectivity index (χ4n) is 1.30. The normalized spacial score (nSPS) is 12.2. The Morgan fingerprint density at radius 3 is 2.81 bits per heavy atom. The molecular formula is C11H15FN2O2. The number of halogens is 1. The molecule has 1 amide bonds. The van der Waals surface area contributed by atoms with Gasteiger partial charge in [-0.25, -0.2) is 4.39 Å². The van der Waals surface area contributed by atoms with E-state index in [4.69, 9.17) is 10.8 Å². The first-order valence-electron chi connectivity index (χ1n) is 4.93. The van der Waals surface area contributed by atoms with Crippen LogP contribution in [0.2, 0.25) is 0 Å². The molecule has 0 unspecified atom stereocenters. The summed E-state index contributed by atoms with van der Waals surface area (Å²) in [5.74, 6) is -1.16. The Balaban J connectivity index is 2.91. The van der Waals surface area contributed by atoms with Crippen molar-refractivity contribution in [1.29, 1.82) is 0 Å². The van der Waals surface area contributed by atoms with Crippen LogP contribution in [0.3, 0.4) is 0 Å². The fourth-order valence-corrected chi connectivity index (χ4v) is 1.30. The molecule has 1 aromatic carbocycles. The maximum atomic E-state index is 13.6. The summed E-state index contributed by atoms with van der Waals surface area (Å²) in [6.45, 7) is 3.14. The molecule has 0 bridgehead atoms. The van der Waals surface area contributed by atoms with E-state index < -0.39 is 17.8 Å². The van der Waals surface area contributed by atoms with Gasteiger partial charge in [-0.05, 0) is 31.5 Å². The third-order valence-corrected chi connectivity index (χ3v) is 2.08. The zero-order valence-electron chi connectivity index (χ0n) is 9.25. The van der Waals surface area contributed by atoms with Gasteiger partial charge in [-0.15, -0.1) is 0 Å². The van der Waals surface area contributed by atoms with Gasteiger partial charge >= 0.3 is 0 Å². The Labute approximate surface area is 93.3 Å². The van der Waals surface area contributed by atoms with Crippen LogP contribution < -0.4 is 11.1 Å². The van der Waals surface area contributed by atoms with E-state index >= 15 is 0 Å². The summed E-state index contributed by atoms with van der Waals surface area (Å²) in [5.41, 5.74) is 6.08. The number of hydrogen-bond acceptors (Lipinski definition) is 3. The number of aliphatic hydroxyl groups excluding tert-OH is 1. The predicted molar refractivity (Wildman–Crippen MR) is 59.6 cm³/mol. The third-order valence-electron chi connectivity index (χ3n) is 2.08. The molecule has 5 heteroatoms. The number of nitrogens with two attached hydrogens (primary N) is 1. The summed E-state index contributed by atoms with van der Waals surface area (Å²) < 4.78 is 13.6. The molecule has 88 valence electrons. The van der Waals surface area contributed by atoms with E-state index in [9.17, 15) is 9.18 Å². The average Bonchev–Trinajstić information content (AvgIpc) is 2.19. The Hall–Kier alpha value is -1.62. The smallest absolute Gasteiger partial charge is 0.254 e. The van der Waals surface area contributed by atoms with Crippen LogP contribution in [-0.4, -0.2) is 23.7 Å². The highest BCUT2D eigenvalue weighted by molar-refractivity contribution is 5.95. The topological polar surface area (TPSA) is 75.4 Å². The molecule has 4 nitrogen and oxygen atoms in total. The quantitative estimate of drug-likeness (QED) is 0.668. The predicted octanol–water partition coefficient (Wildman–Crippen LogP) is 0.827. The SMILES string of the molecule is Cc1cc(N)cc(C(=O)NC[C@H](C)O)c1F. The summed E-state index contributed by atoms with van der Waals surface area (Å²) in [6.07, 6.45) is -0.672. The highest BCUT2D eigenvalue weighted by atomic mass is 19.1. The van der Waals surface area contributed by atoms with Gasteiger partial charge in [0.1, 0.15) is 5.82 Å². The molecule has 0 aliphatic heterocycles. The molecule has 0 radical (unpaired) electrons. The van der Waals surface area contributed by atoms with Crippen molar-refractivity contribution in [3.63, 3.8) is 0 Å². The lowest BCUT2D eigenvalue weighted by Gasteiger charge is -2.09. The molecule has 0 spiro atoms. The van der Waals surface area contributed by atoms with Crippen LogP contribution in [-0.2, 0) is 0 Å². The second-order valence-electron chi connectivity index (χ2n) is 3.76. The number of carbonyl (C=O) groups is 1. The summed E-state index contributed by atoms with van der Waals surface area (Å²) in [6, 6.07) is 2.74. The van der Waals surface area contributed by atoms with Crippen LogP contribution in [0.1, 0.15) is 22.8 Å².